The molecule has 3 rings (SSSR count). The first-order valence-corrected chi connectivity index (χ1v) is 9.26. The number of nitrogens with one attached hydrogen (secondary N) is 2. The van der Waals surface area contributed by atoms with Gasteiger partial charge >= 0.3 is 6.03 Å². The quantitative estimate of drug-likeness (QED) is 0.822. The molecule has 0 unspecified atom stereocenters. The number of pyridine rings is 1. The second-order valence-electron chi connectivity index (χ2n) is 6.68. The summed E-state index contributed by atoms with van der Waals surface area (Å²) in [5, 5.41) is 5.43. The van der Waals surface area contributed by atoms with Crippen molar-refractivity contribution in [2.75, 3.05) is 31.1 Å². The third-order valence-corrected chi connectivity index (χ3v) is 4.63. The molecule has 148 valence electrons. The molecule has 2 aromatic rings. The third-order valence-electron chi connectivity index (χ3n) is 4.63. The average molecular weight is 385 g/mol. The number of carbonyl (C=O) groups excluding carboxylic acids is 2. The number of piperazine rings is 1. The molecule has 2 N–H and O–H groups in total. The zero-order chi connectivity index (χ0) is 19.9. The van der Waals surface area contributed by atoms with Gasteiger partial charge in [0.1, 0.15) is 17.7 Å². The molecular formula is C20H24FN5O2. The van der Waals surface area contributed by atoms with E-state index in [9.17, 15) is 14.0 Å². The van der Waals surface area contributed by atoms with E-state index in [0.29, 0.717) is 31.7 Å². The van der Waals surface area contributed by atoms with Gasteiger partial charge in [0.15, 0.2) is 0 Å². The highest BCUT2D eigenvalue weighted by molar-refractivity contribution is 5.86. The Morgan fingerprint density at radius 1 is 1.14 bits per heavy atom. The predicted molar refractivity (Wildman–Crippen MR) is 104 cm³/mol. The lowest BCUT2D eigenvalue weighted by atomic mass is 10.2. The maximum Gasteiger partial charge on any atom is 0.318 e. The van der Waals surface area contributed by atoms with E-state index in [1.165, 1.54) is 12.1 Å². The molecule has 1 aromatic heterocycles. The van der Waals surface area contributed by atoms with Gasteiger partial charge in [0.05, 0.1) is 0 Å². The van der Waals surface area contributed by atoms with E-state index in [-0.39, 0.29) is 24.3 Å². The van der Waals surface area contributed by atoms with Crippen molar-refractivity contribution in [3.8, 4) is 0 Å². The molecule has 1 fully saturated rings. The van der Waals surface area contributed by atoms with Crippen molar-refractivity contribution in [3.05, 3.63) is 60.0 Å². The standard InChI is InChI=1S/C20H24FN5O2/c1-15(19(27)23-14-16-5-4-6-17(21)13-16)24-20(28)26-11-9-25(10-12-26)18-7-2-3-8-22-18/h2-8,13,15H,9-12,14H2,1H3,(H,23,27)(H,24,28)/t15-/m0/s1. The smallest absolute Gasteiger partial charge is 0.318 e. The lowest BCUT2D eigenvalue weighted by Gasteiger charge is -2.35. The van der Waals surface area contributed by atoms with Gasteiger partial charge in [-0.1, -0.05) is 18.2 Å². The Morgan fingerprint density at radius 2 is 1.93 bits per heavy atom. The number of nitrogens with zero attached hydrogens (tertiary/aromatic N) is 3. The molecule has 1 atom stereocenters. The summed E-state index contributed by atoms with van der Waals surface area (Å²) in [5.74, 6) is 0.232. The summed E-state index contributed by atoms with van der Waals surface area (Å²) in [6.45, 7) is 4.32. The molecule has 1 aromatic carbocycles. The van der Waals surface area contributed by atoms with Crippen LogP contribution in [0.2, 0.25) is 0 Å². The first kappa shape index (κ1) is 19.6. The van der Waals surface area contributed by atoms with Gasteiger partial charge in [-0.05, 0) is 36.8 Å². The molecule has 0 saturated carbocycles. The van der Waals surface area contributed by atoms with Gasteiger partial charge in [-0.25, -0.2) is 14.2 Å². The summed E-state index contributed by atoms with van der Waals surface area (Å²) in [4.78, 5) is 32.8. The Balaban J connectivity index is 1.43. The number of hydrogen-bond donors (Lipinski definition) is 2. The van der Waals surface area contributed by atoms with Crippen LogP contribution in [0.4, 0.5) is 15.0 Å². The van der Waals surface area contributed by atoms with E-state index in [2.05, 4.69) is 20.5 Å². The van der Waals surface area contributed by atoms with Gasteiger partial charge in [0.2, 0.25) is 5.91 Å². The Morgan fingerprint density at radius 3 is 2.61 bits per heavy atom. The molecule has 0 bridgehead atoms. The largest absolute Gasteiger partial charge is 0.353 e. The van der Waals surface area contributed by atoms with Gasteiger partial charge in [-0.15, -0.1) is 0 Å². The molecule has 2 heterocycles. The monoisotopic (exact) mass is 385 g/mol. The topological polar surface area (TPSA) is 77.6 Å². The Hall–Kier alpha value is -3.16. The molecule has 0 aliphatic carbocycles. The van der Waals surface area contributed by atoms with E-state index in [0.717, 1.165) is 5.82 Å². The van der Waals surface area contributed by atoms with Crippen LogP contribution in [0.3, 0.4) is 0 Å². The van der Waals surface area contributed by atoms with Gasteiger partial charge in [-0.3, -0.25) is 4.79 Å². The summed E-state index contributed by atoms with van der Waals surface area (Å²) in [5.41, 5.74) is 0.664. The van der Waals surface area contributed by atoms with E-state index >= 15 is 0 Å². The van der Waals surface area contributed by atoms with Crippen molar-refractivity contribution in [3.63, 3.8) is 0 Å². The van der Waals surface area contributed by atoms with Crippen molar-refractivity contribution in [2.45, 2.75) is 19.5 Å². The highest BCUT2D eigenvalue weighted by Crippen LogP contribution is 2.12. The molecule has 28 heavy (non-hydrogen) atoms. The van der Waals surface area contributed by atoms with Crippen LogP contribution in [0, 0.1) is 5.82 Å². The van der Waals surface area contributed by atoms with E-state index in [1.54, 1.807) is 30.2 Å². The molecule has 0 radical (unpaired) electrons. The molecule has 1 saturated heterocycles. The number of anilines is 1. The van der Waals surface area contributed by atoms with Crippen LogP contribution in [0.5, 0.6) is 0 Å². The molecule has 8 heteroatoms. The fraction of sp³-hybridized carbons (Fsp3) is 0.350. The summed E-state index contributed by atoms with van der Waals surface area (Å²) in [6.07, 6.45) is 1.75. The Bertz CT molecular complexity index is 809. The number of benzene rings is 1. The first-order valence-electron chi connectivity index (χ1n) is 9.26. The minimum absolute atomic E-state index is 0.208. The van der Waals surface area contributed by atoms with Crippen LogP contribution in [0.15, 0.2) is 48.7 Å². The number of urea groups is 1. The summed E-state index contributed by atoms with van der Waals surface area (Å²) in [6, 6.07) is 10.8. The van der Waals surface area contributed by atoms with Gasteiger partial charge in [0.25, 0.3) is 0 Å². The molecular weight excluding hydrogens is 361 g/mol. The average Bonchev–Trinajstić information content (AvgIpc) is 2.72. The van der Waals surface area contributed by atoms with Gasteiger partial charge < -0.3 is 20.4 Å². The number of aromatic nitrogens is 1. The Labute approximate surface area is 163 Å². The van der Waals surface area contributed by atoms with Crippen LogP contribution in [0.25, 0.3) is 0 Å². The summed E-state index contributed by atoms with van der Waals surface area (Å²) in [7, 11) is 0. The third kappa shape index (κ3) is 5.18. The highest BCUT2D eigenvalue weighted by atomic mass is 19.1. The van der Waals surface area contributed by atoms with E-state index in [4.69, 9.17) is 0 Å². The normalized spacial score (nSPS) is 15.1. The molecule has 3 amide bonds. The van der Waals surface area contributed by atoms with E-state index in [1.807, 2.05) is 18.2 Å². The van der Waals surface area contributed by atoms with Crippen LogP contribution in [0.1, 0.15) is 12.5 Å². The maximum atomic E-state index is 13.2. The number of hydrogen-bond acceptors (Lipinski definition) is 4. The molecule has 7 nitrogen and oxygen atoms in total. The lowest BCUT2D eigenvalue weighted by molar-refractivity contribution is -0.122. The second-order valence-corrected chi connectivity index (χ2v) is 6.68. The zero-order valence-corrected chi connectivity index (χ0v) is 15.8. The number of carbonyl (C=O) groups is 2. The second kappa shape index (κ2) is 9.16. The van der Waals surface area contributed by atoms with Crippen molar-refractivity contribution in [2.24, 2.45) is 0 Å². The SMILES string of the molecule is C[C@H](NC(=O)N1CCN(c2ccccn2)CC1)C(=O)NCc1cccc(F)c1. The highest BCUT2D eigenvalue weighted by Gasteiger charge is 2.24. The zero-order valence-electron chi connectivity index (χ0n) is 15.8. The van der Waals surface area contributed by atoms with Crippen molar-refractivity contribution >= 4 is 17.8 Å². The minimum Gasteiger partial charge on any atom is -0.353 e. The van der Waals surface area contributed by atoms with Crippen LogP contribution in [-0.2, 0) is 11.3 Å². The molecule has 0 spiro atoms. The maximum absolute atomic E-state index is 13.2. The van der Waals surface area contributed by atoms with Crippen molar-refractivity contribution < 1.29 is 14.0 Å². The number of halogens is 1. The molecule has 1 aliphatic rings. The number of rotatable bonds is 5. The minimum atomic E-state index is -0.685. The van der Waals surface area contributed by atoms with Gasteiger partial charge in [0, 0.05) is 38.9 Å². The summed E-state index contributed by atoms with van der Waals surface area (Å²) < 4.78 is 13.2. The van der Waals surface area contributed by atoms with Crippen molar-refractivity contribution in [1.29, 1.82) is 0 Å². The van der Waals surface area contributed by atoms with Crippen LogP contribution in [-0.4, -0.2) is 54.0 Å². The number of amides is 3. The van der Waals surface area contributed by atoms with E-state index < -0.39 is 6.04 Å². The van der Waals surface area contributed by atoms with Crippen LogP contribution >= 0.6 is 0 Å². The molecule has 1 aliphatic heterocycles. The Kier molecular flexibility index (Phi) is 6.41. The van der Waals surface area contributed by atoms with Crippen LogP contribution < -0.4 is 15.5 Å². The first-order chi connectivity index (χ1) is 13.5. The summed E-state index contributed by atoms with van der Waals surface area (Å²) >= 11 is 0. The lowest BCUT2D eigenvalue weighted by Crippen LogP contribution is -2.55. The fourth-order valence-electron chi connectivity index (χ4n) is 3.01. The fourth-order valence-corrected chi connectivity index (χ4v) is 3.01. The van der Waals surface area contributed by atoms with Crippen molar-refractivity contribution in [1.82, 2.24) is 20.5 Å². The van der Waals surface area contributed by atoms with Gasteiger partial charge in [-0.2, -0.15) is 0 Å². The predicted octanol–water partition coefficient (Wildman–Crippen LogP) is 1.76.